The Morgan fingerprint density at radius 3 is 2.68 bits per heavy atom. The maximum Gasteiger partial charge on any atom is 0.203 e. The maximum absolute atomic E-state index is 10.1. The molecule has 0 saturated carbocycles. The number of nitrogens with two attached hydrogens (primary N) is 2. The summed E-state index contributed by atoms with van der Waals surface area (Å²) in [5, 5.41) is 29.1. The zero-order valence-electron chi connectivity index (χ0n) is 10.4. The van der Waals surface area contributed by atoms with Crippen LogP contribution in [0.3, 0.4) is 0 Å². The number of nitrogens with zero attached hydrogens (tertiary/aromatic N) is 2. The first-order chi connectivity index (χ1) is 8.85. The van der Waals surface area contributed by atoms with Crippen LogP contribution in [-0.2, 0) is 4.74 Å². The second kappa shape index (κ2) is 6.37. The van der Waals surface area contributed by atoms with Crippen LogP contribution in [0.5, 0.6) is 0 Å². The molecule has 0 amide bonds. The molecule has 0 aromatic carbocycles. The summed E-state index contributed by atoms with van der Waals surface area (Å²) in [6.45, 7) is -0.306. The lowest BCUT2D eigenvalue weighted by atomic mass is 10.0. The minimum absolute atomic E-state index is 0.00555. The summed E-state index contributed by atoms with van der Waals surface area (Å²) in [4.78, 5) is 3.78. The number of aliphatic hydroxyl groups is 3. The van der Waals surface area contributed by atoms with Crippen LogP contribution in [0.15, 0.2) is 12.3 Å². The molecule has 2 unspecified atom stereocenters. The third-order valence-corrected chi connectivity index (χ3v) is 3.10. The van der Waals surface area contributed by atoms with E-state index in [1.165, 1.54) is 19.4 Å². The van der Waals surface area contributed by atoms with E-state index in [0.717, 1.165) is 4.57 Å². The van der Waals surface area contributed by atoms with E-state index in [0.29, 0.717) is 0 Å². The third kappa shape index (κ3) is 3.47. The van der Waals surface area contributed by atoms with Crippen LogP contribution in [0.2, 0.25) is 0 Å². The van der Waals surface area contributed by atoms with Crippen molar-refractivity contribution in [2.45, 2.75) is 24.5 Å². The molecule has 19 heavy (non-hydrogen) atoms. The normalized spacial score (nSPS) is 17.7. The summed E-state index contributed by atoms with van der Waals surface area (Å²) < 4.78 is 6.09. The molecule has 1 heterocycles. The van der Waals surface area contributed by atoms with Gasteiger partial charge >= 0.3 is 0 Å². The predicted octanol–water partition coefficient (Wildman–Crippen LogP) is -1.27. The number of rotatable bonds is 6. The number of hydrogen-bond acceptors (Lipinski definition) is 8. The number of ether oxygens (including phenoxy) is 1. The van der Waals surface area contributed by atoms with Gasteiger partial charge in [-0.15, -0.1) is 0 Å². The topological polar surface area (TPSA) is 140 Å². The summed E-state index contributed by atoms with van der Waals surface area (Å²) in [5.74, 6) is 0.198. The molecule has 9 heteroatoms. The average Bonchev–Trinajstić information content (AvgIpc) is 2.37. The molecule has 1 aromatic heterocycles. The SMILES string of the molecule is COC(N)(CCO)[C@H](O)C(O)n1ccc(N)nc1=S. The van der Waals surface area contributed by atoms with Crippen LogP contribution < -0.4 is 11.5 Å². The highest BCUT2D eigenvalue weighted by atomic mass is 32.1. The van der Waals surface area contributed by atoms with Gasteiger partial charge in [-0.05, 0) is 18.3 Å². The largest absolute Gasteiger partial charge is 0.396 e. The quantitative estimate of drug-likeness (QED) is 0.323. The Morgan fingerprint density at radius 1 is 1.58 bits per heavy atom. The summed E-state index contributed by atoms with van der Waals surface area (Å²) >= 11 is 4.93. The Balaban J connectivity index is 3.04. The van der Waals surface area contributed by atoms with E-state index in [4.69, 9.17) is 33.5 Å². The molecule has 0 fully saturated rings. The lowest BCUT2D eigenvalue weighted by Gasteiger charge is -2.35. The molecule has 7 N–H and O–H groups in total. The molecule has 0 bridgehead atoms. The van der Waals surface area contributed by atoms with Crippen molar-refractivity contribution in [1.29, 1.82) is 0 Å². The van der Waals surface area contributed by atoms with E-state index < -0.39 is 18.1 Å². The average molecular weight is 290 g/mol. The van der Waals surface area contributed by atoms with Gasteiger partial charge in [0.25, 0.3) is 0 Å². The summed E-state index contributed by atoms with van der Waals surface area (Å²) in [6, 6.07) is 1.42. The molecule has 1 rings (SSSR count). The van der Waals surface area contributed by atoms with E-state index in [-0.39, 0.29) is 23.6 Å². The van der Waals surface area contributed by atoms with Gasteiger partial charge in [-0.3, -0.25) is 4.57 Å². The second-order valence-corrected chi connectivity index (χ2v) is 4.40. The van der Waals surface area contributed by atoms with E-state index in [1.54, 1.807) is 0 Å². The lowest BCUT2D eigenvalue weighted by Crippen LogP contribution is -2.56. The number of methoxy groups -OCH3 is 1. The van der Waals surface area contributed by atoms with Gasteiger partial charge in [0, 0.05) is 26.3 Å². The van der Waals surface area contributed by atoms with Crippen molar-refractivity contribution in [2.24, 2.45) is 5.73 Å². The van der Waals surface area contributed by atoms with Crippen LogP contribution in [0, 0.1) is 4.77 Å². The zero-order valence-corrected chi connectivity index (χ0v) is 11.2. The molecule has 108 valence electrons. The molecule has 3 atom stereocenters. The molecular weight excluding hydrogens is 272 g/mol. The monoisotopic (exact) mass is 290 g/mol. The van der Waals surface area contributed by atoms with E-state index in [2.05, 4.69) is 4.98 Å². The van der Waals surface area contributed by atoms with Gasteiger partial charge in [-0.25, -0.2) is 4.98 Å². The highest BCUT2D eigenvalue weighted by Crippen LogP contribution is 2.22. The summed E-state index contributed by atoms with van der Waals surface area (Å²) in [6.07, 6.45) is -1.66. The fourth-order valence-corrected chi connectivity index (χ4v) is 1.85. The van der Waals surface area contributed by atoms with E-state index in [1.807, 2.05) is 0 Å². The number of anilines is 1. The van der Waals surface area contributed by atoms with Gasteiger partial charge in [-0.2, -0.15) is 0 Å². The third-order valence-electron chi connectivity index (χ3n) is 2.80. The van der Waals surface area contributed by atoms with Crippen molar-refractivity contribution >= 4 is 18.0 Å². The zero-order chi connectivity index (χ0) is 14.6. The van der Waals surface area contributed by atoms with Gasteiger partial charge in [0.15, 0.2) is 6.23 Å². The molecule has 0 aliphatic rings. The minimum Gasteiger partial charge on any atom is -0.396 e. The van der Waals surface area contributed by atoms with E-state index >= 15 is 0 Å². The number of aromatic nitrogens is 2. The standard InChI is InChI=1S/C10H18N4O4S/c1-18-10(12,3-5-15)7(16)8(17)14-4-2-6(11)13-9(14)19/h2,4,7-8,15-17H,3,5,12H2,1H3,(H2,11,13,19)/t7-,8?,10?/m1/s1. The van der Waals surface area contributed by atoms with Crippen molar-refractivity contribution < 1.29 is 20.1 Å². The summed E-state index contributed by atoms with van der Waals surface area (Å²) in [7, 11) is 1.27. The molecule has 8 nitrogen and oxygen atoms in total. The Labute approximate surface area is 115 Å². The maximum atomic E-state index is 10.1. The highest BCUT2D eigenvalue weighted by molar-refractivity contribution is 7.71. The van der Waals surface area contributed by atoms with Crippen LogP contribution in [0.1, 0.15) is 12.6 Å². The van der Waals surface area contributed by atoms with Crippen molar-refractivity contribution in [3.63, 3.8) is 0 Å². The summed E-state index contributed by atoms with van der Waals surface area (Å²) in [5.41, 5.74) is 9.62. The van der Waals surface area contributed by atoms with Gasteiger partial charge < -0.3 is 31.5 Å². The van der Waals surface area contributed by atoms with Crippen molar-refractivity contribution in [3.05, 3.63) is 17.0 Å². The molecule has 0 aliphatic heterocycles. The lowest BCUT2D eigenvalue weighted by molar-refractivity contribution is -0.168. The van der Waals surface area contributed by atoms with Crippen LogP contribution in [0.25, 0.3) is 0 Å². The van der Waals surface area contributed by atoms with Gasteiger partial charge in [0.2, 0.25) is 4.77 Å². The Kier molecular flexibility index (Phi) is 5.35. The Morgan fingerprint density at radius 2 is 2.21 bits per heavy atom. The first-order valence-corrected chi connectivity index (χ1v) is 5.92. The van der Waals surface area contributed by atoms with Crippen LogP contribution >= 0.6 is 12.2 Å². The number of aliphatic hydroxyl groups excluding tert-OH is 3. The number of nitrogen functional groups attached to an aromatic ring is 1. The number of hydrogen-bond donors (Lipinski definition) is 5. The van der Waals surface area contributed by atoms with Gasteiger partial charge in [0.05, 0.1) is 0 Å². The molecule has 0 aliphatic carbocycles. The predicted molar refractivity (Wildman–Crippen MR) is 70.4 cm³/mol. The van der Waals surface area contributed by atoms with Gasteiger partial charge in [-0.1, -0.05) is 0 Å². The van der Waals surface area contributed by atoms with Gasteiger partial charge in [0.1, 0.15) is 17.6 Å². The van der Waals surface area contributed by atoms with Crippen molar-refractivity contribution in [1.82, 2.24) is 9.55 Å². The first kappa shape index (κ1) is 16.0. The van der Waals surface area contributed by atoms with Crippen molar-refractivity contribution in [3.8, 4) is 0 Å². The van der Waals surface area contributed by atoms with Crippen molar-refractivity contribution in [2.75, 3.05) is 19.5 Å². The minimum atomic E-state index is -1.61. The fourth-order valence-electron chi connectivity index (χ4n) is 1.58. The Hall–Kier alpha value is -1.10. The Bertz CT molecular complexity index is 483. The van der Waals surface area contributed by atoms with Crippen LogP contribution in [0.4, 0.5) is 5.82 Å². The first-order valence-electron chi connectivity index (χ1n) is 5.51. The second-order valence-electron chi connectivity index (χ2n) is 4.03. The smallest absolute Gasteiger partial charge is 0.203 e. The fraction of sp³-hybridized carbons (Fsp3) is 0.600. The highest BCUT2D eigenvalue weighted by Gasteiger charge is 2.39. The van der Waals surface area contributed by atoms with Crippen LogP contribution in [-0.4, -0.2) is 50.4 Å². The molecular formula is C10H18N4O4S. The van der Waals surface area contributed by atoms with E-state index in [9.17, 15) is 10.2 Å². The molecule has 0 radical (unpaired) electrons. The molecule has 0 spiro atoms. The molecule has 1 aromatic rings. The molecule has 0 saturated heterocycles.